The number of aromatic nitrogens is 1. The number of fused-ring (bicyclic) bond motifs is 10. The lowest BCUT2D eigenvalue weighted by atomic mass is 9.67. The fraction of sp³-hybridized carbons (Fsp3) is 0.0294. The average molecular weight is 876 g/mol. The van der Waals surface area contributed by atoms with Crippen molar-refractivity contribution in [1.82, 2.24) is 4.57 Å². The predicted octanol–water partition coefficient (Wildman–Crippen LogP) is 17.3. The van der Waals surface area contributed by atoms with Crippen molar-refractivity contribution in [3.8, 4) is 61.3 Å². The van der Waals surface area contributed by atoms with Crippen molar-refractivity contribution in [3.63, 3.8) is 0 Å². The first-order valence-corrected chi connectivity index (χ1v) is 24.1. The highest BCUT2D eigenvalue weighted by atomic mass is 15.0. The zero-order valence-electron chi connectivity index (χ0n) is 37.9. The molecule has 1 unspecified atom stereocenters. The Morgan fingerprint density at radius 1 is 0.319 bits per heavy atom. The third-order valence-electron chi connectivity index (χ3n) is 15.2. The lowest BCUT2D eigenvalue weighted by Gasteiger charge is -2.33. The molecule has 1 heteroatoms. The Labute approximate surface area is 402 Å². The van der Waals surface area contributed by atoms with Gasteiger partial charge >= 0.3 is 0 Å². The molecule has 0 spiro atoms. The van der Waals surface area contributed by atoms with Gasteiger partial charge in [-0.05, 0) is 119 Å². The van der Waals surface area contributed by atoms with E-state index in [1.165, 1.54) is 116 Å². The van der Waals surface area contributed by atoms with E-state index in [4.69, 9.17) is 0 Å². The van der Waals surface area contributed by atoms with Crippen LogP contribution in [0.5, 0.6) is 0 Å². The minimum Gasteiger partial charge on any atom is -0.309 e. The molecule has 1 heterocycles. The molecule has 1 nitrogen and oxygen atoms in total. The van der Waals surface area contributed by atoms with Crippen molar-refractivity contribution in [2.45, 2.75) is 11.3 Å². The maximum Gasteiger partial charge on any atom is 0.0714 e. The molecule has 2 aliphatic rings. The Kier molecular flexibility index (Phi) is 8.94. The van der Waals surface area contributed by atoms with E-state index >= 15 is 0 Å². The fourth-order valence-electron chi connectivity index (χ4n) is 12.2. The third-order valence-corrected chi connectivity index (χ3v) is 15.2. The summed E-state index contributed by atoms with van der Waals surface area (Å²) >= 11 is 0. The van der Waals surface area contributed by atoms with Crippen molar-refractivity contribution < 1.29 is 0 Å². The van der Waals surface area contributed by atoms with Gasteiger partial charge in [0.2, 0.25) is 0 Å². The van der Waals surface area contributed by atoms with Crippen molar-refractivity contribution in [2.75, 3.05) is 0 Å². The van der Waals surface area contributed by atoms with Crippen LogP contribution in [0.15, 0.2) is 267 Å². The van der Waals surface area contributed by atoms with Gasteiger partial charge in [-0.25, -0.2) is 0 Å². The standard InChI is InChI=1S/C68H45N/c1-5-17-45(18-6-1)47-29-31-49(32-30-47)65-56-26-14-13-25-55(56)60-43-50(35-39-57(60)65)51-36-42-64-61(44-51)58-40-41-63-66(67(58)69(64)54-37-33-48(34-38-54)46-19-7-2-8-20-46)59-27-15-16-28-62(59)68(63,52-21-9-3-10-22-52)53-23-11-4-12-24-53/h1-44,65H. The van der Waals surface area contributed by atoms with Gasteiger partial charge in [0.1, 0.15) is 0 Å². The van der Waals surface area contributed by atoms with Crippen molar-refractivity contribution >= 4 is 21.8 Å². The molecule has 2 aliphatic carbocycles. The molecule has 0 aliphatic heterocycles. The third kappa shape index (κ3) is 5.97. The molecule has 0 bridgehead atoms. The fourth-order valence-corrected chi connectivity index (χ4v) is 12.2. The van der Waals surface area contributed by atoms with Crippen LogP contribution in [0.1, 0.15) is 44.9 Å². The molecule has 11 aromatic carbocycles. The van der Waals surface area contributed by atoms with Gasteiger partial charge in [-0.15, -0.1) is 0 Å². The molecule has 0 amide bonds. The molecular formula is C68H45N. The predicted molar refractivity (Wildman–Crippen MR) is 287 cm³/mol. The first-order valence-electron chi connectivity index (χ1n) is 24.1. The highest BCUT2D eigenvalue weighted by Crippen LogP contribution is 2.59. The van der Waals surface area contributed by atoms with E-state index in [1.807, 2.05) is 0 Å². The number of nitrogens with zero attached hydrogens (tertiary/aromatic N) is 1. The van der Waals surface area contributed by atoms with Gasteiger partial charge < -0.3 is 4.57 Å². The Morgan fingerprint density at radius 3 is 1.49 bits per heavy atom. The van der Waals surface area contributed by atoms with Gasteiger partial charge in [0.15, 0.2) is 0 Å². The van der Waals surface area contributed by atoms with E-state index in [0.717, 1.165) is 5.69 Å². The number of rotatable bonds is 7. The Morgan fingerprint density at radius 2 is 0.826 bits per heavy atom. The average Bonchev–Trinajstić information content (AvgIpc) is 4.06. The Hall–Kier alpha value is -8.78. The van der Waals surface area contributed by atoms with Gasteiger partial charge in [0.25, 0.3) is 0 Å². The minimum absolute atomic E-state index is 0.174. The maximum absolute atomic E-state index is 2.54. The molecule has 1 atom stereocenters. The lowest BCUT2D eigenvalue weighted by molar-refractivity contribution is 0.769. The molecule has 69 heavy (non-hydrogen) atoms. The van der Waals surface area contributed by atoms with Crippen LogP contribution in [0.2, 0.25) is 0 Å². The molecule has 0 saturated carbocycles. The Balaban J connectivity index is 0.974. The second kappa shape index (κ2) is 15.7. The number of hydrogen-bond acceptors (Lipinski definition) is 0. The van der Waals surface area contributed by atoms with Crippen LogP contribution < -0.4 is 0 Å². The zero-order chi connectivity index (χ0) is 45.5. The van der Waals surface area contributed by atoms with Crippen LogP contribution in [0.4, 0.5) is 0 Å². The van der Waals surface area contributed by atoms with Gasteiger partial charge in [0, 0.05) is 27.9 Å². The highest BCUT2D eigenvalue weighted by molar-refractivity contribution is 6.17. The zero-order valence-corrected chi connectivity index (χ0v) is 37.9. The molecule has 14 rings (SSSR count). The largest absolute Gasteiger partial charge is 0.309 e. The number of hydrogen-bond donors (Lipinski definition) is 0. The molecule has 0 N–H and O–H groups in total. The summed E-state index contributed by atoms with van der Waals surface area (Å²) < 4.78 is 2.54. The minimum atomic E-state index is -0.505. The van der Waals surface area contributed by atoms with Crippen LogP contribution in [0.25, 0.3) is 83.1 Å². The maximum atomic E-state index is 2.54. The van der Waals surface area contributed by atoms with Crippen molar-refractivity contribution in [1.29, 1.82) is 0 Å². The summed E-state index contributed by atoms with van der Waals surface area (Å²) in [4.78, 5) is 0. The lowest BCUT2D eigenvalue weighted by Crippen LogP contribution is -2.28. The molecule has 0 saturated heterocycles. The quantitative estimate of drug-likeness (QED) is 0.150. The highest BCUT2D eigenvalue weighted by Gasteiger charge is 2.47. The summed E-state index contributed by atoms with van der Waals surface area (Å²) in [6.07, 6.45) is 0. The second-order valence-corrected chi connectivity index (χ2v) is 18.7. The van der Waals surface area contributed by atoms with Crippen LogP contribution in [0, 0.1) is 0 Å². The monoisotopic (exact) mass is 875 g/mol. The van der Waals surface area contributed by atoms with Crippen LogP contribution >= 0.6 is 0 Å². The summed E-state index contributed by atoms with van der Waals surface area (Å²) in [5, 5.41) is 2.49. The molecule has 322 valence electrons. The van der Waals surface area contributed by atoms with Crippen molar-refractivity contribution in [3.05, 3.63) is 306 Å². The SMILES string of the molecule is c1ccc(-c2ccc(C3c4ccccc4-c4cc(-c5ccc6c(c5)c5ccc7c(c5n6-c5ccc(-c6ccccc6)cc5)-c5ccccc5C7(c5ccccc5)c5ccccc5)ccc43)cc2)cc1. The first kappa shape index (κ1) is 39.4. The smallest absolute Gasteiger partial charge is 0.0714 e. The van der Waals surface area contributed by atoms with Gasteiger partial charge in [-0.1, -0.05) is 237 Å². The molecule has 12 aromatic rings. The summed E-state index contributed by atoms with van der Waals surface area (Å²) in [6, 6.07) is 99.3. The van der Waals surface area contributed by atoms with E-state index in [0.29, 0.717) is 0 Å². The summed E-state index contributed by atoms with van der Waals surface area (Å²) in [7, 11) is 0. The van der Waals surface area contributed by atoms with E-state index in [-0.39, 0.29) is 5.92 Å². The van der Waals surface area contributed by atoms with E-state index < -0.39 is 5.41 Å². The van der Waals surface area contributed by atoms with E-state index in [2.05, 4.69) is 271 Å². The second-order valence-electron chi connectivity index (χ2n) is 18.7. The number of benzene rings is 11. The van der Waals surface area contributed by atoms with Crippen molar-refractivity contribution in [2.24, 2.45) is 0 Å². The van der Waals surface area contributed by atoms with Crippen LogP contribution in [0.3, 0.4) is 0 Å². The molecule has 0 radical (unpaired) electrons. The topological polar surface area (TPSA) is 4.93 Å². The Bertz CT molecular complexity index is 3860. The van der Waals surface area contributed by atoms with Crippen LogP contribution in [-0.2, 0) is 5.41 Å². The first-order chi connectivity index (χ1) is 34.2. The summed E-state index contributed by atoms with van der Waals surface area (Å²) in [5.74, 6) is 0.174. The van der Waals surface area contributed by atoms with Gasteiger partial charge in [-0.2, -0.15) is 0 Å². The van der Waals surface area contributed by atoms with Gasteiger partial charge in [-0.3, -0.25) is 0 Å². The molecule has 0 fully saturated rings. The normalized spacial score (nSPS) is 14.1. The van der Waals surface area contributed by atoms with E-state index in [9.17, 15) is 0 Å². The van der Waals surface area contributed by atoms with E-state index in [1.54, 1.807) is 0 Å². The summed E-state index contributed by atoms with van der Waals surface area (Å²) in [6.45, 7) is 0. The summed E-state index contributed by atoms with van der Waals surface area (Å²) in [5.41, 5.74) is 24.8. The molecule has 1 aromatic heterocycles. The van der Waals surface area contributed by atoms with Gasteiger partial charge in [0.05, 0.1) is 16.4 Å². The van der Waals surface area contributed by atoms with Crippen LogP contribution in [-0.4, -0.2) is 4.57 Å². The molecular weight excluding hydrogens is 831 g/mol.